The molecule has 0 saturated heterocycles. The molecule has 19 heavy (non-hydrogen) atoms. The fraction of sp³-hybridized carbons (Fsp3) is 0.733. The summed E-state index contributed by atoms with van der Waals surface area (Å²) in [6.45, 7) is 2.77. The standard InChI is InChI=1S/C15H23N3O/c1-2-19-15(8-3-4-9-15)14-17-10-11-12(16)6-5-7-13(11)18-14/h10,12H,2-9,16H2,1H3. The fourth-order valence-corrected chi connectivity index (χ4v) is 3.46. The fourth-order valence-electron chi connectivity index (χ4n) is 3.46. The molecule has 3 rings (SSSR count). The van der Waals surface area contributed by atoms with Crippen LogP contribution < -0.4 is 5.73 Å². The second-order valence-electron chi connectivity index (χ2n) is 5.73. The van der Waals surface area contributed by atoms with Crippen molar-refractivity contribution in [1.29, 1.82) is 0 Å². The van der Waals surface area contributed by atoms with Crippen LogP contribution in [-0.4, -0.2) is 16.6 Å². The van der Waals surface area contributed by atoms with E-state index in [0.29, 0.717) is 0 Å². The number of aromatic nitrogens is 2. The number of hydrogen-bond donors (Lipinski definition) is 1. The van der Waals surface area contributed by atoms with Gasteiger partial charge in [-0.05, 0) is 51.9 Å². The third kappa shape index (κ3) is 2.28. The van der Waals surface area contributed by atoms with Gasteiger partial charge in [0.25, 0.3) is 0 Å². The molecule has 0 spiro atoms. The van der Waals surface area contributed by atoms with Crippen molar-refractivity contribution in [3.63, 3.8) is 0 Å². The minimum absolute atomic E-state index is 0.115. The quantitative estimate of drug-likeness (QED) is 0.908. The summed E-state index contributed by atoms with van der Waals surface area (Å²) in [6, 6.07) is 0.115. The van der Waals surface area contributed by atoms with Gasteiger partial charge in [-0.25, -0.2) is 9.97 Å². The van der Waals surface area contributed by atoms with Crippen molar-refractivity contribution in [2.24, 2.45) is 5.73 Å². The van der Waals surface area contributed by atoms with Crippen LogP contribution in [0.1, 0.15) is 68.6 Å². The number of rotatable bonds is 3. The minimum Gasteiger partial charge on any atom is -0.367 e. The predicted molar refractivity (Wildman–Crippen MR) is 73.7 cm³/mol. The molecule has 2 N–H and O–H groups in total. The lowest BCUT2D eigenvalue weighted by Crippen LogP contribution is -2.30. The molecule has 0 bridgehead atoms. The van der Waals surface area contributed by atoms with Gasteiger partial charge in [0.1, 0.15) is 5.60 Å². The third-order valence-corrected chi connectivity index (χ3v) is 4.47. The van der Waals surface area contributed by atoms with Crippen LogP contribution in [0, 0.1) is 0 Å². The second kappa shape index (κ2) is 5.17. The molecule has 4 heteroatoms. The van der Waals surface area contributed by atoms with Crippen LogP contribution in [0.25, 0.3) is 0 Å². The van der Waals surface area contributed by atoms with E-state index in [1.807, 2.05) is 13.1 Å². The Morgan fingerprint density at radius 3 is 2.89 bits per heavy atom. The van der Waals surface area contributed by atoms with E-state index in [4.69, 9.17) is 15.5 Å². The zero-order chi connectivity index (χ0) is 13.3. The zero-order valence-corrected chi connectivity index (χ0v) is 11.7. The molecule has 0 aromatic carbocycles. The highest BCUT2D eigenvalue weighted by Gasteiger charge is 2.39. The van der Waals surface area contributed by atoms with Crippen molar-refractivity contribution in [1.82, 2.24) is 9.97 Å². The molecule has 1 unspecified atom stereocenters. The Labute approximate surface area is 114 Å². The lowest BCUT2D eigenvalue weighted by Gasteiger charge is -2.29. The largest absolute Gasteiger partial charge is 0.367 e. The van der Waals surface area contributed by atoms with Gasteiger partial charge in [-0.1, -0.05) is 0 Å². The Hall–Kier alpha value is -1.00. The molecule has 0 radical (unpaired) electrons. The highest BCUT2D eigenvalue weighted by Crippen LogP contribution is 2.41. The number of nitrogens with two attached hydrogens (primary N) is 1. The van der Waals surface area contributed by atoms with E-state index in [-0.39, 0.29) is 11.6 Å². The van der Waals surface area contributed by atoms with Crippen molar-refractivity contribution < 1.29 is 4.74 Å². The molecule has 1 fully saturated rings. The smallest absolute Gasteiger partial charge is 0.160 e. The monoisotopic (exact) mass is 261 g/mol. The molecule has 1 saturated carbocycles. The summed E-state index contributed by atoms with van der Waals surface area (Å²) in [5.41, 5.74) is 8.19. The SMILES string of the molecule is CCOC1(c2ncc3c(n2)CCCC3N)CCCC1. The molecule has 2 aliphatic rings. The molecule has 0 aliphatic heterocycles. The van der Waals surface area contributed by atoms with Gasteiger partial charge in [-0.3, -0.25) is 0 Å². The second-order valence-corrected chi connectivity index (χ2v) is 5.73. The van der Waals surface area contributed by atoms with Crippen LogP contribution in [0.5, 0.6) is 0 Å². The first-order valence-electron chi connectivity index (χ1n) is 7.51. The van der Waals surface area contributed by atoms with E-state index in [1.54, 1.807) is 0 Å². The van der Waals surface area contributed by atoms with Crippen molar-refractivity contribution in [2.45, 2.75) is 63.5 Å². The van der Waals surface area contributed by atoms with Gasteiger partial charge in [-0.15, -0.1) is 0 Å². The van der Waals surface area contributed by atoms with Gasteiger partial charge in [-0.2, -0.15) is 0 Å². The van der Waals surface area contributed by atoms with Crippen LogP contribution in [0.3, 0.4) is 0 Å². The van der Waals surface area contributed by atoms with Crippen LogP contribution >= 0.6 is 0 Å². The van der Waals surface area contributed by atoms with E-state index < -0.39 is 0 Å². The molecule has 2 aliphatic carbocycles. The Kier molecular flexibility index (Phi) is 3.54. The summed E-state index contributed by atoms with van der Waals surface area (Å²) in [7, 11) is 0. The average molecular weight is 261 g/mol. The third-order valence-electron chi connectivity index (χ3n) is 4.47. The minimum atomic E-state index is -0.231. The molecule has 1 aromatic heterocycles. The first kappa shape index (κ1) is 13.0. The Morgan fingerprint density at radius 2 is 2.16 bits per heavy atom. The molecule has 1 aromatic rings. The number of fused-ring (bicyclic) bond motifs is 1. The maximum atomic E-state index is 6.13. The lowest BCUT2D eigenvalue weighted by molar-refractivity contribution is -0.0459. The zero-order valence-electron chi connectivity index (χ0n) is 11.7. The first-order valence-corrected chi connectivity index (χ1v) is 7.51. The number of aryl methyl sites for hydroxylation is 1. The molecule has 1 atom stereocenters. The molecular formula is C15H23N3O. The Bertz CT molecular complexity index is 455. The van der Waals surface area contributed by atoms with Crippen molar-refractivity contribution >= 4 is 0 Å². The van der Waals surface area contributed by atoms with E-state index in [1.165, 1.54) is 12.8 Å². The predicted octanol–water partition coefficient (Wildman–Crippen LogP) is 2.62. The number of nitrogens with zero attached hydrogens (tertiary/aromatic N) is 2. The average Bonchev–Trinajstić information content (AvgIpc) is 2.89. The highest BCUT2D eigenvalue weighted by atomic mass is 16.5. The van der Waals surface area contributed by atoms with E-state index in [2.05, 4.69) is 4.98 Å². The summed E-state index contributed by atoms with van der Waals surface area (Å²) in [5, 5.41) is 0. The highest BCUT2D eigenvalue weighted by molar-refractivity contribution is 5.25. The Morgan fingerprint density at radius 1 is 1.37 bits per heavy atom. The number of hydrogen-bond acceptors (Lipinski definition) is 4. The summed E-state index contributed by atoms with van der Waals surface area (Å²) in [5.74, 6) is 0.889. The van der Waals surface area contributed by atoms with Crippen LogP contribution in [0.2, 0.25) is 0 Å². The molecule has 1 heterocycles. The van der Waals surface area contributed by atoms with Gasteiger partial charge in [0.15, 0.2) is 5.82 Å². The van der Waals surface area contributed by atoms with Gasteiger partial charge in [0.2, 0.25) is 0 Å². The van der Waals surface area contributed by atoms with Crippen molar-refractivity contribution in [3.05, 3.63) is 23.3 Å². The first-order chi connectivity index (χ1) is 9.25. The molecule has 0 amide bonds. The summed E-state index contributed by atoms with van der Waals surface area (Å²) < 4.78 is 6.04. The summed E-state index contributed by atoms with van der Waals surface area (Å²) >= 11 is 0. The van der Waals surface area contributed by atoms with Crippen LogP contribution in [-0.2, 0) is 16.8 Å². The van der Waals surface area contributed by atoms with E-state index in [0.717, 1.165) is 55.8 Å². The van der Waals surface area contributed by atoms with E-state index in [9.17, 15) is 0 Å². The van der Waals surface area contributed by atoms with Crippen molar-refractivity contribution in [3.8, 4) is 0 Å². The van der Waals surface area contributed by atoms with Gasteiger partial charge >= 0.3 is 0 Å². The molecule has 4 nitrogen and oxygen atoms in total. The normalized spacial score (nSPS) is 25.3. The van der Waals surface area contributed by atoms with Gasteiger partial charge in [0, 0.05) is 30.1 Å². The van der Waals surface area contributed by atoms with Crippen LogP contribution in [0.4, 0.5) is 0 Å². The topological polar surface area (TPSA) is 61.0 Å². The maximum absolute atomic E-state index is 6.13. The van der Waals surface area contributed by atoms with Gasteiger partial charge in [0.05, 0.1) is 0 Å². The molecule has 104 valence electrons. The van der Waals surface area contributed by atoms with Gasteiger partial charge < -0.3 is 10.5 Å². The number of ether oxygens (including phenoxy) is 1. The summed E-state index contributed by atoms with van der Waals surface area (Å²) in [4.78, 5) is 9.42. The summed E-state index contributed by atoms with van der Waals surface area (Å²) in [6.07, 6.45) is 9.66. The molecular weight excluding hydrogens is 238 g/mol. The maximum Gasteiger partial charge on any atom is 0.160 e. The lowest BCUT2D eigenvalue weighted by atomic mass is 9.92. The van der Waals surface area contributed by atoms with Crippen molar-refractivity contribution in [2.75, 3.05) is 6.61 Å². The Balaban J connectivity index is 1.96. The van der Waals surface area contributed by atoms with Crippen LogP contribution in [0.15, 0.2) is 6.20 Å². The van der Waals surface area contributed by atoms with E-state index >= 15 is 0 Å².